The summed E-state index contributed by atoms with van der Waals surface area (Å²) >= 11 is 0. The third kappa shape index (κ3) is 5.03. The molecular weight excluding hydrogens is 390 g/mol. The molecule has 0 saturated carbocycles. The van der Waals surface area contributed by atoms with Gasteiger partial charge in [-0.15, -0.1) is 0 Å². The van der Waals surface area contributed by atoms with Crippen LogP contribution in [0.4, 0.5) is 10.5 Å². The van der Waals surface area contributed by atoms with E-state index in [1.165, 1.54) is 16.3 Å². The highest BCUT2D eigenvalue weighted by atomic mass is 16.5. The number of carbonyl (C=O) groups excluding carboxylic acids is 2. The minimum absolute atomic E-state index is 0.0164. The Morgan fingerprint density at radius 1 is 0.935 bits per heavy atom. The molecule has 1 aliphatic heterocycles. The van der Waals surface area contributed by atoms with Gasteiger partial charge in [-0.3, -0.25) is 15.0 Å². The summed E-state index contributed by atoms with van der Waals surface area (Å²) in [6.07, 6.45) is -0.519. The molecule has 3 aromatic rings. The van der Waals surface area contributed by atoms with Gasteiger partial charge in [0, 0.05) is 44.0 Å². The lowest BCUT2D eigenvalue weighted by Crippen LogP contribution is -2.48. The monoisotopic (exact) mass is 417 g/mol. The number of amides is 2. The third-order valence-corrected chi connectivity index (χ3v) is 5.56. The molecule has 0 atom stereocenters. The van der Waals surface area contributed by atoms with Crippen molar-refractivity contribution >= 4 is 28.5 Å². The van der Waals surface area contributed by atoms with Gasteiger partial charge in [0.15, 0.2) is 0 Å². The van der Waals surface area contributed by atoms with Crippen LogP contribution in [0.3, 0.4) is 0 Å². The van der Waals surface area contributed by atoms with Gasteiger partial charge >= 0.3 is 6.09 Å². The van der Waals surface area contributed by atoms with E-state index in [-0.39, 0.29) is 5.91 Å². The van der Waals surface area contributed by atoms with Crippen molar-refractivity contribution in [1.82, 2.24) is 9.80 Å². The van der Waals surface area contributed by atoms with Gasteiger partial charge in [0.2, 0.25) is 0 Å². The first-order chi connectivity index (χ1) is 15.1. The van der Waals surface area contributed by atoms with E-state index in [9.17, 15) is 9.59 Å². The largest absolute Gasteiger partial charge is 0.450 e. The van der Waals surface area contributed by atoms with Gasteiger partial charge in [-0.05, 0) is 41.5 Å². The first-order valence-electron chi connectivity index (χ1n) is 10.7. The summed E-state index contributed by atoms with van der Waals surface area (Å²) in [5.41, 5.74) is 2.44. The van der Waals surface area contributed by atoms with E-state index < -0.39 is 6.09 Å². The maximum absolute atomic E-state index is 13.0. The van der Waals surface area contributed by atoms with E-state index >= 15 is 0 Å². The molecule has 4 rings (SSSR count). The summed E-state index contributed by atoms with van der Waals surface area (Å²) in [6, 6.07) is 21.9. The van der Waals surface area contributed by atoms with E-state index in [1.807, 2.05) is 4.90 Å². The van der Waals surface area contributed by atoms with Crippen molar-refractivity contribution in [3.8, 4) is 0 Å². The SMILES string of the molecule is CCOC(=O)Nc1cccc(C(=O)N2CCN(Cc3cccc4ccccc34)CC2)c1. The van der Waals surface area contributed by atoms with Gasteiger partial charge in [0.25, 0.3) is 5.91 Å². The number of rotatable bonds is 5. The quantitative estimate of drug-likeness (QED) is 0.670. The molecule has 0 radical (unpaired) electrons. The standard InChI is InChI=1S/C25H27N3O3/c1-2-31-25(30)26-22-11-6-9-20(17-22)24(29)28-15-13-27(14-16-28)18-21-10-5-8-19-7-3-4-12-23(19)21/h3-12,17H,2,13-16,18H2,1H3,(H,26,30). The van der Waals surface area contributed by atoms with Gasteiger partial charge in [-0.2, -0.15) is 0 Å². The van der Waals surface area contributed by atoms with Gasteiger partial charge in [0.1, 0.15) is 0 Å². The number of nitrogens with one attached hydrogen (secondary N) is 1. The Kier molecular flexibility index (Phi) is 6.48. The van der Waals surface area contributed by atoms with E-state index in [1.54, 1.807) is 31.2 Å². The molecule has 3 aromatic carbocycles. The van der Waals surface area contributed by atoms with Crippen LogP contribution in [-0.4, -0.2) is 54.6 Å². The van der Waals surface area contributed by atoms with Crippen LogP contribution < -0.4 is 5.32 Å². The molecule has 0 aromatic heterocycles. The number of hydrogen-bond acceptors (Lipinski definition) is 4. The highest BCUT2D eigenvalue weighted by Crippen LogP contribution is 2.21. The normalized spacial score (nSPS) is 14.4. The van der Waals surface area contributed by atoms with Crippen LogP contribution in [0.2, 0.25) is 0 Å². The van der Waals surface area contributed by atoms with Crippen LogP contribution in [0.5, 0.6) is 0 Å². The molecule has 1 N–H and O–H groups in total. The van der Waals surface area contributed by atoms with Crippen molar-refractivity contribution in [3.05, 3.63) is 77.9 Å². The van der Waals surface area contributed by atoms with Gasteiger partial charge in [-0.1, -0.05) is 48.5 Å². The fourth-order valence-electron chi connectivity index (χ4n) is 3.98. The molecular formula is C25H27N3O3. The zero-order valence-corrected chi connectivity index (χ0v) is 17.7. The predicted molar refractivity (Wildman–Crippen MR) is 122 cm³/mol. The Labute approximate surface area is 182 Å². The Hall–Kier alpha value is -3.38. The minimum Gasteiger partial charge on any atom is -0.450 e. The molecule has 1 fully saturated rings. The Morgan fingerprint density at radius 2 is 1.68 bits per heavy atom. The molecule has 0 unspecified atom stereocenters. The number of fused-ring (bicyclic) bond motifs is 1. The number of anilines is 1. The van der Waals surface area contributed by atoms with Crippen molar-refractivity contribution in [3.63, 3.8) is 0 Å². The summed E-state index contributed by atoms with van der Waals surface area (Å²) in [5, 5.41) is 5.19. The molecule has 2 amide bonds. The fourth-order valence-corrected chi connectivity index (χ4v) is 3.98. The van der Waals surface area contributed by atoms with Crippen molar-refractivity contribution in [2.45, 2.75) is 13.5 Å². The van der Waals surface area contributed by atoms with Crippen LogP contribution in [0.1, 0.15) is 22.8 Å². The lowest BCUT2D eigenvalue weighted by atomic mass is 10.0. The number of piperazine rings is 1. The summed E-state index contributed by atoms with van der Waals surface area (Å²) < 4.78 is 4.90. The third-order valence-electron chi connectivity index (χ3n) is 5.56. The number of ether oxygens (including phenoxy) is 1. The van der Waals surface area contributed by atoms with Crippen LogP contribution in [-0.2, 0) is 11.3 Å². The molecule has 1 saturated heterocycles. The summed E-state index contributed by atoms with van der Waals surface area (Å²) in [5.74, 6) is -0.0164. The van der Waals surface area contributed by atoms with Gasteiger partial charge in [-0.25, -0.2) is 4.79 Å². The molecule has 6 heteroatoms. The Morgan fingerprint density at radius 3 is 2.48 bits per heavy atom. The topological polar surface area (TPSA) is 61.9 Å². The molecule has 160 valence electrons. The number of benzene rings is 3. The van der Waals surface area contributed by atoms with Crippen LogP contribution in [0.15, 0.2) is 66.7 Å². The second kappa shape index (κ2) is 9.62. The van der Waals surface area contributed by atoms with E-state index in [0.717, 1.165) is 19.6 Å². The first kappa shape index (κ1) is 20.9. The van der Waals surface area contributed by atoms with Crippen LogP contribution in [0.25, 0.3) is 10.8 Å². The maximum atomic E-state index is 13.0. The summed E-state index contributed by atoms with van der Waals surface area (Å²) in [6.45, 7) is 5.94. The summed E-state index contributed by atoms with van der Waals surface area (Å²) in [4.78, 5) is 28.9. The van der Waals surface area contributed by atoms with E-state index in [4.69, 9.17) is 4.74 Å². The first-order valence-corrected chi connectivity index (χ1v) is 10.7. The smallest absolute Gasteiger partial charge is 0.411 e. The number of hydrogen-bond donors (Lipinski definition) is 1. The second-order valence-corrected chi connectivity index (χ2v) is 7.63. The molecule has 0 aliphatic carbocycles. The average molecular weight is 418 g/mol. The highest BCUT2D eigenvalue weighted by Gasteiger charge is 2.22. The van der Waals surface area contributed by atoms with Crippen LogP contribution >= 0.6 is 0 Å². The zero-order chi connectivity index (χ0) is 21.6. The molecule has 0 spiro atoms. The predicted octanol–water partition coefficient (Wildman–Crippen LogP) is 4.37. The van der Waals surface area contributed by atoms with Gasteiger partial charge in [0.05, 0.1) is 6.61 Å². The zero-order valence-electron chi connectivity index (χ0n) is 17.7. The second-order valence-electron chi connectivity index (χ2n) is 7.63. The molecule has 1 aliphatic rings. The number of carbonyl (C=O) groups is 2. The van der Waals surface area contributed by atoms with Crippen molar-refractivity contribution < 1.29 is 14.3 Å². The maximum Gasteiger partial charge on any atom is 0.411 e. The molecule has 31 heavy (non-hydrogen) atoms. The lowest BCUT2D eigenvalue weighted by molar-refractivity contribution is 0.0629. The minimum atomic E-state index is -0.519. The van der Waals surface area contributed by atoms with Crippen molar-refractivity contribution in [2.75, 3.05) is 38.1 Å². The van der Waals surface area contributed by atoms with Crippen LogP contribution in [0, 0.1) is 0 Å². The van der Waals surface area contributed by atoms with E-state index in [0.29, 0.717) is 30.9 Å². The Balaban J connectivity index is 1.36. The molecule has 1 heterocycles. The highest BCUT2D eigenvalue weighted by molar-refractivity contribution is 5.96. The fraction of sp³-hybridized carbons (Fsp3) is 0.280. The number of nitrogens with zero attached hydrogens (tertiary/aromatic N) is 2. The lowest BCUT2D eigenvalue weighted by Gasteiger charge is -2.35. The summed E-state index contributed by atoms with van der Waals surface area (Å²) in [7, 11) is 0. The van der Waals surface area contributed by atoms with Gasteiger partial charge < -0.3 is 9.64 Å². The molecule has 0 bridgehead atoms. The van der Waals surface area contributed by atoms with E-state index in [2.05, 4.69) is 52.7 Å². The van der Waals surface area contributed by atoms with Crippen molar-refractivity contribution in [1.29, 1.82) is 0 Å². The Bertz CT molecular complexity index is 1070. The average Bonchev–Trinajstić information content (AvgIpc) is 2.80. The van der Waals surface area contributed by atoms with Crippen molar-refractivity contribution in [2.24, 2.45) is 0 Å². The molecule has 6 nitrogen and oxygen atoms in total.